The van der Waals surface area contributed by atoms with Gasteiger partial charge in [0.15, 0.2) is 11.5 Å². The van der Waals surface area contributed by atoms with Crippen molar-refractivity contribution in [2.75, 3.05) is 12.8 Å². The molecule has 0 fully saturated rings. The van der Waals surface area contributed by atoms with Crippen LogP contribution < -0.4 is 20.6 Å². The number of anilines is 1. The van der Waals surface area contributed by atoms with E-state index in [0.717, 1.165) is 5.56 Å². The highest BCUT2D eigenvalue weighted by Gasteiger charge is 2.08. The zero-order valence-electron chi connectivity index (χ0n) is 13.9. The van der Waals surface area contributed by atoms with Crippen molar-refractivity contribution in [3.05, 3.63) is 53.6 Å². The van der Waals surface area contributed by atoms with E-state index in [9.17, 15) is 4.79 Å². The molecule has 0 aliphatic rings. The predicted molar refractivity (Wildman–Crippen MR) is 94.7 cm³/mol. The molecule has 0 aliphatic carbocycles. The minimum atomic E-state index is -0.365. The lowest BCUT2D eigenvalue weighted by Gasteiger charge is -2.13. The number of ether oxygens (including phenoxy) is 2. The van der Waals surface area contributed by atoms with E-state index in [-0.39, 0.29) is 12.0 Å². The van der Waals surface area contributed by atoms with Gasteiger partial charge in [-0.1, -0.05) is 12.1 Å². The van der Waals surface area contributed by atoms with Gasteiger partial charge in [-0.05, 0) is 49.7 Å². The molecule has 0 heterocycles. The maximum atomic E-state index is 12.0. The second-order valence-corrected chi connectivity index (χ2v) is 5.36. The number of rotatable bonds is 6. The van der Waals surface area contributed by atoms with Crippen LogP contribution in [0.25, 0.3) is 0 Å². The summed E-state index contributed by atoms with van der Waals surface area (Å²) < 4.78 is 11.0. The van der Waals surface area contributed by atoms with Crippen LogP contribution in [-0.4, -0.2) is 25.3 Å². The summed E-state index contributed by atoms with van der Waals surface area (Å²) in [4.78, 5) is 12.0. The Morgan fingerprint density at radius 1 is 1.21 bits per heavy atom. The SMILES string of the molecule is COc1cc(/C=N\NC(=O)c2ccccc2N)ccc1OC(C)C. The number of carbonyl (C=O) groups is 1. The molecule has 0 atom stereocenters. The van der Waals surface area contributed by atoms with Crippen LogP contribution in [0.2, 0.25) is 0 Å². The van der Waals surface area contributed by atoms with E-state index in [4.69, 9.17) is 15.2 Å². The molecule has 1 amide bonds. The molecule has 3 N–H and O–H groups in total. The van der Waals surface area contributed by atoms with Gasteiger partial charge in [-0.3, -0.25) is 4.79 Å². The first-order chi connectivity index (χ1) is 11.5. The lowest BCUT2D eigenvalue weighted by molar-refractivity contribution is 0.0956. The molecule has 0 bridgehead atoms. The lowest BCUT2D eigenvalue weighted by Crippen LogP contribution is -2.19. The van der Waals surface area contributed by atoms with Crippen LogP contribution in [0.4, 0.5) is 5.69 Å². The van der Waals surface area contributed by atoms with Crippen molar-refractivity contribution >= 4 is 17.8 Å². The van der Waals surface area contributed by atoms with Crippen LogP contribution in [-0.2, 0) is 0 Å². The van der Waals surface area contributed by atoms with Crippen LogP contribution in [0.15, 0.2) is 47.6 Å². The fourth-order valence-electron chi connectivity index (χ4n) is 2.05. The number of carbonyl (C=O) groups excluding carboxylic acids is 1. The van der Waals surface area contributed by atoms with Crippen molar-refractivity contribution in [3.63, 3.8) is 0 Å². The number of hydrogen-bond donors (Lipinski definition) is 2. The molecule has 2 aromatic carbocycles. The number of nitrogens with two attached hydrogens (primary N) is 1. The van der Waals surface area contributed by atoms with Gasteiger partial charge >= 0.3 is 0 Å². The fourth-order valence-corrected chi connectivity index (χ4v) is 2.05. The third kappa shape index (κ3) is 4.49. The third-order valence-electron chi connectivity index (χ3n) is 3.14. The Balaban J connectivity index is 2.06. The van der Waals surface area contributed by atoms with Gasteiger partial charge in [0.05, 0.1) is 25.0 Å². The van der Waals surface area contributed by atoms with Crippen molar-refractivity contribution in [2.24, 2.45) is 5.10 Å². The first-order valence-corrected chi connectivity index (χ1v) is 7.54. The summed E-state index contributed by atoms with van der Waals surface area (Å²) in [5.74, 6) is 0.896. The zero-order valence-corrected chi connectivity index (χ0v) is 13.9. The largest absolute Gasteiger partial charge is 0.493 e. The second kappa shape index (κ2) is 8.01. The molecule has 0 unspecified atom stereocenters. The fraction of sp³-hybridized carbons (Fsp3) is 0.222. The first-order valence-electron chi connectivity index (χ1n) is 7.54. The Morgan fingerprint density at radius 2 is 1.96 bits per heavy atom. The Hall–Kier alpha value is -3.02. The minimum absolute atomic E-state index is 0.0500. The van der Waals surface area contributed by atoms with Crippen molar-refractivity contribution < 1.29 is 14.3 Å². The number of hydrazone groups is 1. The van der Waals surface area contributed by atoms with Crippen LogP contribution in [0.3, 0.4) is 0 Å². The summed E-state index contributed by atoms with van der Waals surface area (Å²) in [5.41, 5.74) is 9.76. The van der Waals surface area contributed by atoms with Gasteiger partial charge < -0.3 is 15.2 Å². The van der Waals surface area contributed by atoms with E-state index in [0.29, 0.717) is 22.7 Å². The van der Waals surface area contributed by atoms with E-state index in [2.05, 4.69) is 10.5 Å². The monoisotopic (exact) mass is 327 g/mol. The maximum Gasteiger partial charge on any atom is 0.273 e. The summed E-state index contributed by atoms with van der Waals surface area (Å²) in [6, 6.07) is 12.2. The summed E-state index contributed by atoms with van der Waals surface area (Å²) in [7, 11) is 1.57. The number of nitrogens with one attached hydrogen (secondary N) is 1. The highest BCUT2D eigenvalue weighted by atomic mass is 16.5. The summed E-state index contributed by atoms with van der Waals surface area (Å²) in [6.45, 7) is 3.89. The molecule has 0 spiro atoms. The number of nitrogens with zero attached hydrogens (tertiary/aromatic N) is 1. The molecule has 2 rings (SSSR count). The molecular weight excluding hydrogens is 306 g/mol. The summed E-state index contributed by atoms with van der Waals surface area (Å²) in [6.07, 6.45) is 1.58. The van der Waals surface area contributed by atoms with Gasteiger partial charge in [0, 0.05) is 5.69 Å². The molecule has 0 radical (unpaired) electrons. The topological polar surface area (TPSA) is 85.9 Å². The Kier molecular flexibility index (Phi) is 5.78. The number of amides is 1. The molecule has 6 nitrogen and oxygen atoms in total. The number of nitrogen functional groups attached to an aromatic ring is 1. The predicted octanol–water partition coefficient (Wildman–Crippen LogP) is 2.83. The van der Waals surface area contributed by atoms with Crippen LogP contribution in [0, 0.1) is 0 Å². The van der Waals surface area contributed by atoms with Gasteiger partial charge in [-0.2, -0.15) is 5.10 Å². The van der Waals surface area contributed by atoms with Gasteiger partial charge in [-0.15, -0.1) is 0 Å². The quantitative estimate of drug-likeness (QED) is 0.485. The molecule has 0 aromatic heterocycles. The van der Waals surface area contributed by atoms with Gasteiger partial charge in [0.1, 0.15) is 0 Å². The standard InChI is InChI=1S/C18H21N3O3/c1-12(2)24-16-9-8-13(10-17(16)23-3)11-20-21-18(22)14-6-4-5-7-15(14)19/h4-12H,19H2,1-3H3,(H,21,22)/b20-11-. The molecule has 24 heavy (non-hydrogen) atoms. The van der Waals surface area contributed by atoms with Crippen molar-refractivity contribution in [3.8, 4) is 11.5 Å². The number of methoxy groups -OCH3 is 1. The van der Waals surface area contributed by atoms with Crippen LogP contribution >= 0.6 is 0 Å². The maximum absolute atomic E-state index is 12.0. The number of para-hydroxylation sites is 1. The van der Waals surface area contributed by atoms with Gasteiger partial charge in [0.25, 0.3) is 5.91 Å². The molecule has 126 valence electrons. The van der Waals surface area contributed by atoms with E-state index in [1.54, 1.807) is 43.5 Å². The van der Waals surface area contributed by atoms with E-state index >= 15 is 0 Å². The first kappa shape index (κ1) is 17.3. The van der Waals surface area contributed by atoms with E-state index in [1.807, 2.05) is 19.9 Å². The van der Waals surface area contributed by atoms with Gasteiger partial charge in [-0.25, -0.2) is 5.43 Å². The average Bonchev–Trinajstić information content (AvgIpc) is 2.56. The highest BCUT2D eigenvalue weighted by Crippen LogP contribution is 2.28. The van der Waals surface area contributed by atoms with Crippen molar-refractivity contribution in [2.45, 2.75) is 20.0 Å². The summed E-state index contributed by atoms with van der Waals surface area (Å²) >= 11 is 0. The van der Waals surface area contributed by atoms with Crippen molar-refractivity contribution in [1.29, 1.82) is 0 Å². The number of benzene rings is 2. The molecule has 0 aliphatic heterocycles. The Labute approximate surface area is 141 Å². The van der Waals surface area contributed by atoms with Crippen LogP contribution in [0.1, 0.15) is 29.8 Å². The Bertz CT molecular complexity index is 742. The molecule has 0 saturated heterocycles. The lowest BCUT2D eigenvalue weighted by atomic mass is 10.2. The second-order valence-electron chi connectivity index (χ2n) is 5.36. The van der Waals surface area contributed by atoms with Crippen LogP contribution in [0.5, 0.6) is 11.5 Å². The van der Waals surface area contributed by atoms with E-state index < -0.39 is 0 Å². The minimum Gasteiger partial charge on any atom is -0.493 e. The van der Waals surface area contributed by atoms with Crippen molar-refractivity contribution in [1.82, 2.24) is 5.43 Å². The zero-order chi connectivity index (χ0) is 17.5. The average molecular weight is 327 g/mol. The normalized spacial score (nSPS) is 10.8. The summed E-state index contributed by atoms with van der Waals surface area (Å²) in [5, 5.41) is 3.95. The van der Waals surface area contributed by atoms with Gasteiger partial charge in [0.2, 0.25) is 0 Å². The third-order valence-corrected chi connectivity index (χ3v) is 3.14. The highest BCUT2D eigenvalue weighted by molar-refractivity contribution is 5.99. The van der Waals surface area contributed by atoms with E-state index in [1.165, 1.54) is 6.21 Å². The molecular formula is C18H21N3O3. The number of hydrogen-bond acceptors (Lipinski definition) is 5. The smallest absolute Gasteiger partial charge is 0.273 e. The molecule has 0 saturated carbocycles. The molecule has 2 aromatic rings. The molecule has 6 heteroatoms. The Morgan fingerprint density at radius 3 is 2.62 bits per heavy atom.